The standard InChI is InChI=1S/C15H11NO4/c17-14(11-5-2-1-3-6-11)10-9-12-7-4-8-13(15(12)18)16(19)20/h1-10,18H. The molecule has 0 bridgehead atoms. The van der Waals surface area contributed by atoms with Gasteiger partial charge in [-0.1, -0.05) is 42.5 Å². The fourth-order valence-corrected chi connectivity index (χ4v) is 1.69. The van der Waals surface area contributed by atoms with Gasteiger partial charge in [0.05, 0.1) is 4.92 Å². The van der Waals surface area contributed by atoms with Gasteiger partial charge in [-0.3, -0.25) is 14.9 Å². The van der Waals surface area contributed by atoms with E-state index >= 15 is 0 Å². The van der Waals surface area contributed by atoms with Crippen LogP contribution >= 0.6 is 0 Å². The van der Waals surface area contributed by atoms with Crippen LogP contribution < -0.4 is 0 Å². The third-order valence-corrected chi connectivity index (χ3v) is 2.72. The molecule has 5 nitrogen and oxygen atoms in total. The second kappa shape index (κ2) is 5.79. The van der Waals surface area contributed by atoms with Gasteiger partial charge in [0.2, 0.25) is 5.75 Å². The number of rotatable bonds is 4. The summed E-state index contributed by atoms with van der Waals surface area (Å²) in [5.41, 5.74) is 0.344. The first-order valence-electron chi connectivity index (χ1n) is 5.83. The van der Waals surface area contributed by atoms with Crippen molar-refractivity contribution in [3.05, 3.63) is 75.8 Å². The number of carbonyl (C=O) groups excluding carboxylic acids is 1. The normalized spacial score (nSPS) is 10.6. The molecule has 0 saturated carbocycles. The van der Waals surface area contributed by atoms with Gasteiger partial charge in [-0.2, -0.15) is 0 Å². The minimum atomic E-state index is -0.675. The number of hydrogen-bond acceptors (Lipinski definition) is 4. The highest BCUT2D eigenvalue weighted by Gasteiger charge is 2.14. The van der Waals surface area contributed by atoms with E-state index in [4.69, 9.17) is 0 Å². The van der Waals surface area contributed by atoms with Crippen LogP contribution in [-0.2, 0) is 0 Å². The zero-order chi connectivity index (χ0) is 14.5. The molecule has 0 spiro atoms. The summed E-state index contributed by atoms with van der Waals surface area (Å²) in [6, 6.07) is 12.8. The van der Waals surface area contributed by atoms with Crippen LogP contribution in [0, 0.1) is 10.1 Å². The smallest absolute Gasteiger partial charge is 0.311 e. The van der Waals surface area contributed by atoms with Gasteiger partial charge in [0.1, 0.15) is 0 Å². The van der Waals surface area contributed by atoms with E-state index in [1.54, 1.807) is 30.3 Å². The first kappa shape index (κ1) is 13.5. The summed E-state index contributed by atoms with van der Waals surface area (Å²) in [7, 11) is 0. The predicted molar refractivity (Wildman–Crippen MR) is 74.6 cm³/mol. The van der Waals surface area contributed by atoms with Gasteiger partial charge in [-0.05, 0) is 12.2 Å². The number of para-hydroxylation sites is 1. The molecule has 0 aliphatic carbocycles. The number of ketones is 1. The second-order valence-corrected chi connectivity index (χ2v) is 4.04. The summed E-state index contributed by atoms with van der Waals surface area (Å²) in [5.74, 6) is -0.689. The number of carbonyl (C=O) groups is 1. The van der Waals surface area contributed by atoms with Crippen molar-refractivity contribution in [1.29, 1.82) is 0 Å². The SMILES string of the molecule is O=C(C=Cc1cccc([N+](=O)[O-])c1O)c1ccccc1. The number of nitro groups is 1. The molecule has 5 heteroatoms. The van der Waals surface area contributed by atoms with Gasteiger partial charge in [0.25, 0.3) is 0 Å². The summed E-state index contributed by atoms with van der Waals surface area (Å²) in [6.07, 6.45) is 2.63. The molecule has 100 valence electrons. The van der Waals surface area contributed by atoms with Gasteiger partial charge in [0, 0.05) is 17.2 Å². The molecule has 0 aliphatic heterocycles. The van der Waals surface area contributed by atoms with Crippen LogP contribution in [0.15, 0.2) is 54.6 Å². The summed E-state index contributed by atoms with van der Waals surface area (Å²) >= 11 is 0. The van der Waals surface area contributed by atoms with Crippen LogP contribution in [0.1, 0.15) is 15.9 Å². The van der Waals surface area contributed by atoms with Gasteiger partial charge in [-0.15, -0.1) is 0 Å². The lowest BCUT2D eigenvalue weighted by Crippen LogP contribution is -1.93. The largest absolute Gasteiger partial charge is 0.502 e. The highest BCUT2D eigenvalue weighted by Crippen LogP contribution is 2.30. The second-order valence-electron chi connectivity index (χ2n) is 4.04. The Morgan fingerprint density at radius 2 is 1.80 bits per heavy atom. The van der Waals surface area contributed by atoms with E-state index < -0.39 is 10.7 Å². The number of nitro benzene ring substituents is 1. The molecule has 0 aromatic heterocycles. The minimum absolute atomic E-state index is 0.225. The molecule has 0 heterocycles. The van der Waals surface area contributed by atoms with E-state index in [0.29, 0.717) is 5.56 Å². The number of nitrogens with zero attached hydrogens (tertiary/aromatic N) is 1. The van der Waals surface area contributed by atoms with E-state index in [9.17, 15) is 20.0 Å². The van der Waals surface area contributed by atoms with E-state index in [2.05, 4.69) is 0 Å². The van der Waals surface area contributed by atoms with Crippen LogP contribution in [0.25, 0.3) is 6.08 Å². The Balaban J connectivity index is 2.27. The Morgan fingerprint density at radius 1 is 1.10 bits per heavy atom. The zero-order valence-electron chi connectivity index (χ0n) is 10.4. The maximum absolute atomic E-state index is 11.8. The highest BCUT2D eigenvalue weighted by molar-refractivity contribution is 6.06. The fourth-order valence-electron chi connectivity index (χ4n) is 1.69. The lowest BCUT2D eigenvalue weighted by Gasteiger charge is -2.00. The molecule has 2 aromatic carbocycles. The molecule has 2 aromatic rings. The third-order valence-electron chi connectivity index (χ3n) is 2.72. The van der Waals surface area contributed by atoms with E-state index in [1.807, 2.05) is 0 Å². The molecular formula is C15H11NO4. The number of aromatic hydroxyl groups is 1. The van der Waals surface area contributed by atoms with Gasteiger partial charge in [-0.25, -0.2) is 0 Å². The quantitative estimate of drug-likeness (QED) is 0.400. The maximum atomic E-state index is 11.8. The topological polar surface area (TPSA) is 80.4 Å². The monoisotopic (exact) mass is 269 g/mol. The van der Waals surface area contributed by atoms with E-state index in [-0.39, 0.29) is 17.0 Å². The first-order valence-corrected chi connectivity index (χ1v) is 5.83. The number of allylic oxidation sites excluding steroid dienone is 1. The lowest BCUT2D eigenvalue weighted by atomic mass is 10.1. The van der Waals surface area contributed by atoms with Crippen LogP contribution in [0.2, 0.25) is 0 Å². The van der Waals surface area contributed by atoms with E-state index in [1.165, 1.54) is 30.4 Å². The van der Waals surface area contributed by atoms with Crippen molar-refractivity contribution in [2.45, 2.75) is 0 Å². The van der Waals surface area contributed by atoms with Crippen molar-refractivity contribution in [2.24, 2.45) is 0 Å². The third kappa shape index (κ3) is 2.89. The molecule has 0 atom stereocenters. The minimum Gasteiger partial charge on any atom is -0.502 e. The first-order chi connectivity index (χ1) is 9.59. The van der Waals surface area contributed by atoms with Crippen molar-refractivity contribution < 1.29 is 14.8 Å². The zero-order valence-corrected chi connectivity index (χ0v) is 10.4. The van der Waals surface area contributed by atoms with Gasteiger partial charge < -0.3 is 5.11 Å². The van der Waals surface area contributed by atoms with Crippen molar-refractivity contribution in [3.8, 4) is 5.75 Å². The summed E-state index contributed by atoms with van der Waals surface area (Å²) in [6.45, 7) is 0. The number of hydrogen-bond donors (Lipinski definition) is 1. The molecule has 2 rings (SSSR count). The Labute approximate surface area is 115 Å². The molecule has 1 N–H and O–H groups in total. The van der Waals surface area contributed by atoms with Crippen molar-refractivity contribution in [3.63, 3.8) is 0 Å². The average molecular weight is 269 g/mol. The number of phenols is 1. The van der Waals surface area contributed by atoms with Crippen molar-refractivity contribution in [2.75, 3.05) is 0 Å². The van der Waals surface area contributed by atoms with Crippen LogP contribution in [0.5, 0.6) is 5.75 Å². The highest BCUT2D eigenvalue weighted by atomic mass is 16.6. The Morgan fingerprint density at radius 3 is 2.45 bits per heavy atom. The van der Waals surface area contributed by atoms with Gasteiger partial charge in [0.15, 0.2) is 5.78 Å². The summed E-state index contributed by atoms with van der Waals surface area (Å²) in [5, 5.41) is 20.4. The summed E-state index contributed by atoms with van der Waals surface area (Å²) in [4.78, 5) is 21.9. The average Bonchev–Trinajstić information content (AvgIpc) is 2.46. The van der Waals surface area contributed by atoms with Crippen LogP contribution in [-0.4, -0.2) is 15.8 Å². The molecular weight excluding hydrogens is 258 g/mol. The van der Waals surface area contributed by atoms with Gasteiger partial charge >= 0.3 is 5.69 Å². The molecule has 0 saturated heterocycles. The summed E-state index contributed by atoms with van der Waals surface area (Å²) < 4.78 is 0. The van der Waals surface area contributed by atoms with Crippen LogP contribution in [0.4, 0.5) is 5.69 Å². The van der Waals surface area contributed by atoms with Crippen molar-refractivity contribution >= 4 is 17.5 Å². The molecule has 0 amide bonds. The Kier molecular flexibility index (Phi) is 3.91. The maximum Gasteiger partial charge on any atom is 0.311 e. The fraction of sp³-hybridized carbons (Fsp3) is 0. The Hall–Kier alpha value is -2.95. The molecule has 0 aliphatic rings. The van der Waals surface area contributed by atoms with E-state index in [0.717, 1.165) is 0 Å². The van der Waals surface area contributed by atoms with Crippen molar-refractivity contribution in [1.82, 2.24) is 0 Å². The predicted octanol–water partition coefficient (Wildman–Crippen LogP) is 3.20. The number of phenolic OH excluding ortho intramolecular Hbond substituents is 1. The lowest BCUT2D eigenvalue weighted by molar-refractivity contribution is -0.385. The Bertz CT molecular complexity index is 678. The molecule has 0 radical (unpaired) electrons. The molecule has 0 unspecified atom stereocenters. The molecule has 20 heavy (non-hydrogen) atoms. The van der Waals surface area contributed by atoms with Crippen LogP contribution in [0.3, 0.4) is 0 Å². The number of benzene rings is 2. The molecule has 0 fully saturated rings.